The van der Waals surface area contributed by atoms with E-state index in [1.165, 1.54) is 89.9 Å². The monoisotopic (exact) mass is 824 g/mol. The van der Waals surface area contributed by atoms with Gasteiger partial charge in [-0.2, -0.15) is 10.5 Å². The first-order valence-corrected chi connectivity index (χ1v) is 23.1. The smallest absolute Gasteiger partial charge is 0.472 e. The zero-order chi connectivity index (χ0) is 42.1. The summed E-state index contributed by atoms with van der Waals surface area (Å²) in [5, 5.41) is 26.7. The number of nitrogens with zero attached hydrogens (tertiary/aromatic N) is 3. The number of nitrogens with one attached hydrogen (secondary N) is 2. The molecule has 0 spiro atoms. The number of amidine groups is 1. The molecule has 58 heavy (non-hydrogen) atoms. The maximum absolute atomic E-state index is 13.1. The summed E-state index contributed by atoms with van der Waals surface area (Å²) in [5.41, 5.74) is 6.81. The van der Waals surface area contributed by atoms with Gasteiger partial charge < -0.3 is 29.8 Å². The van der Waals surface area contributed by atoms with Crippen LogP contribution in [0, 0.1) is 28.1 Å². The van der Waals surface area contributed by atoms with Gasteiger partial charge in [0.25, 0.3) is 0 Å². The number of hydrogen-bond donors (Lipinski definition) is 4. The highest BCUT2D eigenvalue weighted by Gasteiger charge is 2.44. The Morgan fingerprint density at radius 3 is 2.19 bits per heavy atom. The predicted molar refractivity (Wildman–Crippen MR) is 228 cm³/mol. The number of aromatic amines is 1. The minimum atomic E-state index is -4.60. The van der Waals surface area contributed by atoms with Crippen LogP contribution in [0.25, 0.3) is 0 Å². The van der Waals surface area contributed by atoms with Crippen LogP contribution in [-0.2, 0) is 29.7 Å². The zero-order valence-electron chi connectivity index (χ0n) is 35.2. The number of aliphatic imine (C=N–C) groups is 1. The Morgan fingerprint density at radius 1 is 1.00 bits per heavy atom. The molecule has 1 aromatic heterocycles. The molecule has 3 rings (SSSR count). The Balaban J connectivity index is 1.46. The fraction of sp³-hybridized carbons (Fsp3) is 0.682. The second-order valence-corrected chi connectivity index (χ2v) is 17.2. The van der Waals surface area contributed by atoms with Crippen molar-refractivity contribution in [3.63, 3.8) is 0 Å². The maximum atomic E-state index is 13.1. The number of benzene rings is 1. The second kappa shape index (κ2) is 27.3. The number of aromatic nitrogens is 1. The first kappa shape index (κ1) is 48.8. The van der Waals surface area contributed by atoms with Crippen molar-refractivity contribution in [2.75, 3.05) is 13.2 Å². The number of nitrogens with two attached hydrogens (primary N) is 1. The third kappa shape index (κ3) is 18.6. The predicted octanol–water partition coefficient (Wildman–Crippen LogP) is 10.9. The minimum absolute atomic E-state index is 0.109. The van der Waals surface area contributed by atoms with E-state index in [4.69, 9.17) is 34.4 Å². The van der Waals surface area contributed by atoms with Crippen LogP contribution in [0.5, 0.6) is 5.75 Å². The highest BCUT2D eigenvalue weighted by Crippen LogP contribution is 2.47. The van der Waals surface area contributed by atoms with Crippen molar-refractivity contribution in [2.45, 2.75) is 180 Å². The average Bonchev–Trinajstić information content (AvgIpc) is 3.88. The molecule has 1 aliphatic heterocycles. The lowest BCUT2D eigenvalue weighted by atomic mass is 10.0. The van der Waals surface area contributed by atoms with Gasteiger partial charge in [-0.25, -0.2) is 9.56 Å². The molecule has 1 aromatic carbocycles. The lowest BCUT2D eigenvalue weighted by Crippen LogP contribution is -2.32. The Morgan fingerprint density at radius 2 is 1.62 bits per heavy atom. The summed E-state index contributed by atoms with van der Waals surface area (Å²) in [7, 11) is -4.60. The Hall–Kier alpha value is -3.55. The van der Waals surface area contributed by atoms with Gasteiger partial charge >= 0.3 is 7.82 Å². The lowest BCUT2D eigenvalue weighted by molar-refractivity contribution is -0.0444. The molecule has 14 heteroatoms. The Bertz CT molecular complexity index is 1650. The third-order valence-electron chi connectivity index (χ3n) is 10.4. The zero-order valence-corrected chi connectivity index (χ0v) is 36.1. The molecule has 0 aliphatic carbocycles. The molecule has 322 valence electrons. The van der Waals surface area contributed by atoms with Gasteiger partial charge in [-0.15, -0.1) is 0 Å². The number of H-pyrrole nitrogens is 1. The topological polar surface area (TPSA) is 209 Å². The van der Waals surface area contributed by atoms with Crippen LogP contribution in [0.2, 0.25) is 0 Å². The molecule has 1 aliphatic rings. The fourth-order valence-electron chi connectivity index (χ4n) is 7.11. The summed E-state index contributed by atoms with van der Waals surface area (Å²) in [5.74, 6) is 0.620. The molecule has 1 fully saturated rings. The fourth-order valence-corrected chi connectivity index (χ4v) is 7.91. The van der Waals surface area contributed by atoms with Crippen molar-refractivity contribution in [1.29, 1.82) is 15.9 Å². The van der Waals surface area contributed by atoms with E-state index in [-0.39, 0.29) is 31.6 Å². The third-order valence-corrected chi connectivity index (χ3v) is 11.4. The minimum Gasteiger partial charge on any atom is -0.490 e. The van der Waals surface area contributed by atoms with Gasteiger partial charge in [-0.1, -0.05) is 122 Å². The van der Waals surface area contributed by atoms with E-state index in [1.807, 2.05) is 19.9 Å². The summed E-state index contributed by atoms with van der Waals surface area (Å²) in [6.45, 7) is 5.59. The van der Waals surface area contributed by atoms with E-state index in [1.54, 1.807) is 24.3 Å². The molecule has 5 N–H and O–H groups in total. The van der Waals surface area contributed by atoms with Gasteiger partial charge in [0.2, 0.25) is 0 Å². The molecule has 4 unspecified atom stereocenters. The van der Waals surface area contributed by atoms with E-state index in [9.17, 15) is 20.0 Å². The molecular weight excluding hydrogens is 755 g/mol. The first-order chi connectivity index (χ1) is 28.0. The number of hydrogen-bond acceptors (Lipinski definition) is 9. The highest BCUT2D eigenvalue weighted by molar-refractivity contribution is 7.47. The van der Waals surface area contributed by atoms with E-state index >= 15 is 0 Å². The molecule has 2 aromatic rings. The van der Waals surface area contributed by atoms with Crippen molar-refractivity contribution < 1.29 is 32.7 Å². The van der Waals surface area contributed by atoms with E-state index in [0.29, 0.717) is 35.5 Å². The molecule has 0 bridgehead atoms. The first-order valence-electron chi connectivity index (χ1n) is 21.6. The van der Waals surface area contributed by atoms with Gasteiger partial charge in [0.05, 0.1) is 42.8 Å². The summed E-state index contributed by atoms with van der Waals surface area (Å²) in [6.07, 6.45) is 22.7. The summed E-state index contributed by atoms with van der Waals surface area (Å²) < 4.78 is 42.1. The normalized spacial score (nSPS) is 18.5. The number of unbranched alkanes of at least 4 members (excludes halogenated alkanes) is 16. The SMILES string of the molecule is CCCCCCCCCCCCCCCCCCCC(COP(=O)(O)OCC1(C#N)CCC(c2ccc(C(N)=NC=N)[nH]2)O1)OCc1ccc(C#N)c(OC(C)C)c1. The van der Waals surface area contributed by atoms with Crippen LogP contribution in [-0.4, -0.2) is 53.1 Å². The van der Waals surface area contributed by atoms with Crippen LogP contribution >= 0.6 is 7.82 Å². The van der Waals surface area contributed by atoms with E-state index in [2.05, 4.69) is 29.0 Å². The van der Waals surface area contributed by atoms with Gasteiger partial charge in [-0.05, 0) is 62.9 Å². The molecule has 1 saturated heterocycles. The Labute approximate surface area is 347 Å². The van der Waals surface area contributed by atoms with Crippen LogP contribution in [0.1, 0.15) is 178 Å². The van der Waals surface area contributed by atoms with E-state index in [0.717, 1.165) is 31.2 Å². The Kier molecular flexibility index (Phi) is 22.9. The van der Waals surface area contributed by atoms with Gasteiger partial charge in [0.15, 0.2) is 5.60 Å². The molecular formula is C44H69N6O7P. The molecule has 13 nitrogen and oxygen atoms in total. The van der Waals surface area contributed by atoms with Crippen molar-refractivity contribution in [1.82, 2.24) is 4.98 Å². The van der Waals surface area contributed by atoms with Crippen LogP contribution < -0.4 is 10.5 Å². The molecule has 0 saturated carbocycles. The highest BCUT2D eigenvalue weighted by atomic mass is 31.2. The number of rotatable bonds is 32. The number of phosphoric ester groups is 1. The standard InChI is InChI=1S/C44H69N6O7P/c1-4-5-6-7-8-9-10-11-12-13-14-15-16-17-18-19-20-21-38(53-30-36-22-23-37(29-45)42(28-36)56-35(2)3)31-54-58(51,52)55-33-44(32-46)27-26-41(57-44)39-24-25-40(50-39)43(48)49-34-47/h22-25,28,34-35,38,41,50H,4-21,26-27,30-31,33H2,1-3H3,(H,51,52)(H3,47,48,49). The maximum Gasteiger partial charge on any atom is 0.472 e. The quantitative estimate of drug-likeness (QED) is 0.0237. The van der Waals surface area contributed by atoms with Gasteiger partial charge in [-0.3, -0.25) is 14.5 Å². The van der Waals surface area contributed by atoms with Crippen LogP contribution in [0.15, 0.2) is 35.3 Å². The van der Waals surface area contributed by atoms with Crippen molar-refractivity contribution in [2.24, 2.45) is 10.7 Å². The summed E-state index contributed by atoms with van der Waals surface area (Å²) in [6, 6.07) is 13.0. The summed E-state index contributed by atoms with van der Waals surface area (Å²) in [4.78, 5) is 17.6. The lowest BCUT2D eigenvalue weighted by Gasteiger charge is -2.24. The van der Waals surface area contributed by atoms with E-state index < -0.39 is 32.2 Å². The van der Waals surface area contributed by atoms with Crippen molar-refractivity contribution in [3.05, 3.63) is 52.8 Å². The number of ether oxygens (including phenoxy) is 3. The molecule has 4 atom stereocenters. The van der Waals surface area contributed by atoms with Crippen molar-refractivity contribution in [3.8, 4) is 17.9 Å². The number of nitriles is 2. The van der Waals surface area contributed by atoms with Crippen LogP contribution in [0.4, 0.5) is 0 Å². The summed E-state index contributed by atoms with van der Waals surface area (Å²) >= 11 is 0. The molecule has 2 heterocycles. The van der Waals surface area contributed by atoms with Crippen molar-refractivity contribution >= 4 is 20.0 Å². The van der Waals surface area contributed by atoms with Gasteiger partial charge in [0, 0.05) is 5.69 Å². The number of phosphoric acid groups is 1. The molecule has 0 radical (unpaired) electrons. The average molecular weight is 825 g/mol. The second-order valence-electron chi connectivity index (χ2n) is 15.7. The molecule has 0 amide bonds. The van der Waals surface area contributed by atoms with Crippen LogP contribution in [0.3, 0.4) is 0 Å². The van der Waals surface area contributed by atoms with Gasteiger partial charge in [0.1, 0.15) is 36.7 Å². The largest absolute Gasteiger partial charge is 0.490 e.